The van der Waals surface area contributed by atoms with Gasteiger partial charge in [0.2, 0.25) is 5.60 Å². The number of nitrogens with zero attached hydrogens (tertiary/aromatic N) is 1. The van der Waals surface area contributed by atoms with Crippen molar-refractivity contribution in [3.63, 3.8) is 0 Å². The smallest absolute Gasteiger partial charge is 0.267 e. The Balaban J connectivity index is 1.70. The summed E-state index contributed by atoms with van der Waals surface area (Å²) >= 11 is 0. The molecule has 0 radical (unpaired) electrons. The highest BCUT2D eigenvalue weighted by atomic mass is 19.1. The van der Waals surface area contributed by atoms with Gasteiger partial charge in [0.1, 0.15) is 5.82 Å². The van der Waals surface area contributed by atoms with Crippen LogP contribution < -0.4 is 5.32 Å². The third-order valence-electron chi connectivity index (χ3n) is 3.43. The highest BCUT2D eigenvalue weighted by Gasteiger charge is 2.43. The van der Waals surface area contributed by atoms with Crippen molar-refractivity contribution < 1.29 is 14.0 Å². The van der Waals surface area contributed by atoms with E-state index in [4.69, 9.17) is 4.84 Å². The fourth-order valence-corrected chi connectivity index (χ4v) is 2.02. The van der Waals surface area contributed by atoms with Gasteiger partial charge in [-0.2, -0.15) is 0 Å². The molecule has 100 valence electrons. The van der Waals surface area contributed by atoms with E-state index in [1.165, 1.54) is 12.1 Å². The van der Waals surface area contributed by atoms with Crippen LogP contribution in [0.2, 0.25) is 0 Å². The normalized spacial score (nSPS) is 25.7. The minimum Gasteiger partial charge on any atom is -0.379 e. The number of carbonyl (C=O) groups is 1. The Morgan fingerprint density at radius 2 is 2.11 bits per heavy atom. The van der Waals surface area contributed by atoms with Crippen molar-refractivity contribution in [2.45, 2.75) is 37.8 Å². The van der Waals surface area contributed by atoms with Gasteiger partial charge in [-0.1, -0.05) is 17.3 Å². The van der Waals surface area contributed by atoms with E-state index in [0.717, 1.165) is 18.4 Å². The lowest BCUT2D eigenvalue weighted by Gasteiger charge is -2.20. The first kappa shape index (κ1) is 12.1. The number of oxime groups is 1. The van der Waals surface area contributed by atoms with Crippen LogP contribution in [0.25, 0.3) is 0 Å². The van der Waals surface area contributed by atoms with E-state index in [9.17, 15) is 9.18 Å². The first-order chi connectivity index (χ1) is 9.07. The van der Waals surface area contributed by atoms with Crippen LogP contribution in [0.15, 0.2) is 29.4 Å². The standard InChI is InChI=1S/C14H15FN2O2/c1-14(13(18)16-11-6-7-11)8-12(17-19-14)9-2-4-10(15)5-3-9/h2-5,11H,6-8H2,1H3,(H,16,18)/t14-/m1/s1. The summed E-state index contributed by atoms with van der Waals surface area (Å²) in [7, 11) is 0. The van der Waals surface area contributed by atoms with Gasteiger partial charge < -0.3 is 10.2 Å². The maximum absolute atomic E-state index is 12.9. The van der Waals surface area contributed by atoms with Crippen molar-refractivity contribution in [2.24, 2.45) is 5.16 Å². The molecule has 5 heteroatoms. The van der Waals surface area contributed by atoms with Crippen LogP contribution in [0, 0.1) is 5.82 Å². The van der Waals surface area contributed by atoms with Crippen molar-refractivity contribution in [3.05, 3.63) is 35.6 Å². The molecule has 1 heterocycles. The molecule has 1 aromatic rings. The lowest BCUT2D eigenvalue weighted by molar-refractivity contribution is -0.141. The minimum atomic E-state index is -0.952. The van der Waals surface area contributed by atoms with Crippen LogP contribution in [0.3, 0.4) is 0 Å². The number of amides is 1. The van der Waals surface area contributed by atoms with Gasteiger partial charge in [0.25, 0.3) is 5.91 Å². The molecule has 1 fully saturated rings. The van der Waals surface area contributed by atoms with E-state index in [2.05, 4.69) is 10.5 Å². The molecule has 0 bridgehead atoms. The quantitative estimate of drug-likeness (QED) is 0.905. The summed E-state index contributed by atoms with van der Waals surface area (Å²) in [5.74, 6) is -0.423. The number of hydrogen-bond acceptors (Lipinski definition) is 3. The molecule has 3 rings (SSSR count). The number of rotatable bonds is 3. The minimum absolute atomic E-state index is 0.129. The fourth-order valence-electron chi connectivity index (χ4n) is 2.02. The van der Waals surface area contributed by atoms with Gasteiger partial charge in [-0.25, -0.2) is 4.39 Å². The first-order valence-corrected chi connectivity index (χ1v) is 6.39. The Morgan fingerprint density at radius 3 is 2.74 bits per heavy atom. The van der Waals surface area contributed by atoms with E-state index in [1.807, 2.05) is 0 Å². The van der Waals surface area contributed by atoms with Crippen LogP contribution in [-0.4, -0.2) is 23.3 Å². The summed E-state index contributed by atoms with van der Waals surface area (Å²) in [5.41, 5.74) is 0.504. The van der Waals surface area contributed by atoms with Crippen molar-refractivity contribution in [1.82, 2.24) is 5.32 Å². The Bertz CT molecular complexity index is 537. The zero-order valence-electron chi connectivity index (χ0n) is 10.6. The molecule has 1 aliphatic carbocycles. The molecule has 0 aromatic heterocycles. The molecule has 19 heavy (non-hydrogen) atoms. The number of benzene rings is 1. The second-order valence-corrected chi connectivity index (χ2v) is 5.29. The molecule has 1 saturated carbocycles. The molecule has 1 aromatic carbocycles. The molecule has 1 aliphatic heterocycles. The highest BCUT2D eigenvalue weighted by molar-refractivity contribution is 6.05. The predicted octanol–water partition coefficient (Wildman–Crippen LogP) is 1.99. The number of carbonyl (C=O) groups excluding carboxylic acids is 1. The average molecular weight is 262 g/mol. The summed E-state index contributed by atoms with van der Waals surface area (Å²) < 4.78 is 12.9. The molecular formula is C14H15FN2O2. The maximum atomic E-state index is 12.9. The van der Waals surface area contributed by atoms with Gasteiger partial charge in [0.05, 0.1) is 5.71 Å². The highest BCUT2D eigenvalue weighted by Crippen LogP contribution is 2.28. The molecule has 4 nitrogen and oxygen atoms in total. The second-order valence-electron chi connectivity index (χ2n) is 5.29. The van der Waals surface area contributed by atoms with Crippen molar-refractivity contribution in [3.8, 4) is 0 Å². The SMILES string of the molecule is C[C@]1(C(=O)NC2CC2)CC(c2ccc(F)cc2)=NO1. The zero-order chi connectivity index (χ0) is 13.5. The number of hydrogen-bond donors (Lipinski definition) is 1. The summed E-state index contributed by atoms with van der Waals surface area (Å²) in [6.07, 6.45) is 2.47. The molecule has 0 unspecified atom stereocenters. The van der Waals surface area contributed by atoms with Crippen molar-refractivity contribution in [2.75, 3.05) is 0 Å². The Labute approximate surface area is 110 Å². The molecule has 0 spiro atoms. The van der Waals surface area contributed by atoms with Crippen LogP contribution in [0.5, 0.6) is 0 Å². The van der Waals surface area contributed by atoms with Crippen LogP contribution in [-0.2, 0) is 9.63 Å². The molecule has 2 aliphatic rings. The zero-order valence-corrected chi connectivity index (χ0v) is 10.6. The van der Waals surface area contributed by atoms with E-state index in [0.29, 0.717) is 18.2 Å². The van der Waals surface area contributed by atoms with Crippen LogP contribution in [0.1, 0.15) is 31.7 Å². The van der Waals surface area contributed by atoms with Gasteiger partial charge in [-0.05, 0) is 37.5 Å². The van der Waals surface area contributed by atoms with Gasteiger partial charge in [-0.15, -0.1) is 0 Å². The first-order valence-electron chi connectivity index (χ1n) is 6.39. The number of halogens is 1. The average Bonchev–Trinajstić information content (AvgIpc) is 3.11. The molecular weight excluding hydrogens is 247 g/mol. The Morgan fingerprint density at radius 1 is 1.42 bits per heavy atom. The lowest BCUT2D eigenvalue weighted by atomic mass is 9.95. The monoisotopic (exact) mass is 262 g/mol. The maximum Gasteiger partial charge on any atom is 0.267 e. The van der Waals surface area contributed by atoms with Crippen molar-refractivity contribution >= 4 is 11.6 Å². The summed E-state index contributed by atoms with van der Waals surface area (Å²) in [5, 5.41) is 6.89. The fraction of sp³-hybridized carbons (Fsp3) is 0.429. The summed E-state index contributed by atoms with van der Waals surface area (Å²) in [4.78, 5) is 17.4. The summed E-state index contributed by atoms with van der Waals surface area (Å²) in [6, 6.07) is 6.32. The summed E-state index contributed by atoms with van der Waals surface area (Å²) in [6.45, 7) is 1.73. The molecule has 1 atom stereocenters. The van der Waals surface area contributed by atoms with Crippen molar-refractivity contribution in [1.29, 1.82) is 0 Å². The van der Waals surface area contributed by atoms with Gasteiger partial charge >= 0.3 is 0 Å². The van der Waals surface area contributed by atoms with E-state index >= 15 is 0 Å². The molecule has 0 saturated heterocycles. The third-order valence-corrected chi connectivity index (χ3v) is 3.43. The van der Waals surface area contributed by atoms with Gasteiger partial charge in [0.15, 0.2) is 0 Å². The van der Waals surface area contributed by atoms with Gasteiger partial charge in [0, 0.05) is 12.5 Å². The molecule has 1 amide bonds. The van der Waals surface area contributed by atoms with E-state index in [-0.39, 0.29) is 11.7 Å². The van der Waals surface area contributed by atoms with Crippen LogP contribution >= 0.6 is 0 Å². The van der Waals surface area contributed by atoms with E-state index < -0.39 is 5.60 Å². The topological polar surface area (TPSA) is 50.7 Å². The second kappa shape index (κ2) is 4.33. The third kappa shape index (κ3) is 2.45. The van der Waals surface area contributed by atoms with E-state index in [1.54, 1.807) is 19.1 Å². The lowest BCUT2D eigenvalue weighted by Crippen LogP contribution is -2.45. The molecule has 1 N–H and O–H groups in total. The number of nitrogens with one attached hydrogen (secondary N) is 1. The van der Waals surface area contributed by atoms with Crippen LogP contribution in [0.4, 0.5) is 4.39 Å². The Hall–Kier alpha value is -1.91. The predicted molar refractivity (Wildman–Crippen MR) is 68.2 cm³/mol. The van der Waals surface area contributed by atoms with Gasteiger partial charge in [-0.3, -0.25) is 4.79 Å². The largest absolute Gasteiger partial charge is 0.379 e. The Kier molecular flexibility index (Phi) is 2.77.